The van der Waals surface area contributed by atoms with Gasteiger partial charge in [0, 0.05) is 23.2 Å². The summed E-state index contributed by atoms with van der Waals surface area (Å²) in [6, 6.07) is 12.2. The second kappa shape index (κ2) is 7.39. The maximum absolute atomic E-state index is 11.8. The van der Waals surface area contributed by atoms with E-state index in [1.54, 1.807) is 19.1 Å². The van der Waals surface area contributed by atoms with Crippen molar-refractivity contribution in [2.45, 2.75) is 31.2 Å². The van der Waals surface area contributed by atoms with E-state index in [1.807, 2.05) is 18.2 Å². The number of anilines is 1. The molecular formula is C22H21N3O3S. The van der Waals surface area contributed by atoms with Crippen LogP contribution in [-0.2, 0) is 23.0 Å². The van der Waals surface area contributed by atoms with E-state index in [-0.39, 0.29) is 10.7 Å². The van der Waals surface area contributed by atoms with E-state index in [2.05, 4.69) is 21.7 Å². The van der Waals surface area contributed by atoms with Crippen molar-refractivity contribution in [2.24, 2.45) is 5.14 Å². The molecule has 6 nitrogen and oxygen atoms in total. The first-order valence-electron chi connectivity index (χ1n) is 9.35. The van der Waals surface area contributed by atoms with Crippen LogP contribution in [0.3, 0.4) is 0 Å². The number of nitrogens with one attached hydrogen (secondary N) is 1. The third-order valence-corrected chi connectivity index (χ3v) is 6.02. The lowest BCUT2D eigenvalue weighted by molar-refractivity contribution is 0.101. The number of Topliss-reactive ketones (excluding diaryl/α,β-unsaturated/α-hetero) is 1. The first-order chi connectivity index (χ1) is 13.8. The number of primary sulfonamides is 1. The van der Waals surface area contributed by atoms with Crippen LogP contribution in [0.4, 0.5) is 5.69 Å². The second-order valence-electron chi connectivity index (χ2n) is 7.14. The minimum absolute atomic E-state index is 0.0757. The third-order valence-electron chi connectivity index (χ3n) is 5.09. The summed E-state index contributed by atoms with van der Waals surface area (Å²) in [6.07, 6.45) is 2.01. The minimum atomic E-state index is -3.69. The fourth-order valence-corrected chi connectivity index (χ4v) is 4.22. The summed E-state index contributed by atoms with van der Waals surface area (Å²) in [5.74, 6) is 6.41. The molecule has 0 unspecified atom stereocenters. The van der Waals surface area contributed by atoms with E-state index in [0.29, 0.717) is 6.54 Å². The van der Waals surface area contributed by atoms with Crippen molar-refractivity contribution in [3.8, 4) is 11.8 Å². The summed E-state index contributed by atoms with van der Waals surface area (Å²) in [6.45, 7) is 2.93. The van der Waals surface area contributed by atoms with E-state index in [0.717, 1.165) is 41.7 Å². The normalized spacial score (nSPS) is 13.0. The number of benzene rings is 2. The Morgan fingerprint density at radius 1 is 1.21 bits per heavy atom. The van der Waals surface area contributed by atoms with Crippen LogP contribution in [0.2, 0.25) is 0 Å². The average Bonchev–Trinajstić information content (AvgIpc) is 3.04. The Morgan fingerprint density at radius 3 is 2.66 bits per heavy atom. The van der Waals surface area contributed by atoms with Crippen molar-refractivity contribution in [3.63, 3.8) is 0 Å². The molecule has 2 heterocycles. The third kappa shape index (κ3) is 3.90. The van der Waals surface area contributed by atoms with Crippen LogP contribution in [0, 0.1) is 11.8 Å². The van der Waals surface area contributed by atoms with Gasteiger partial charge < -0.3 is 9.88 Å². The Labute approximate surface area is 169 Å². The molecule has 3 N–H and O–H groups in total. The minimum Gasteiger partial charge on any atom is -0.374 e. The van der Waals surface area contributed by atoms with Gasteiger partial charge >= 0.3 is 0 Å². The highest BCUT2D eigenvalue weighted by atomic mass is 32.2. The summed E-state index contributed by atoms with van der Waals surface area (Å²) in [7, 11) is -3.69. The van der Waals surface area contributed by atoms with Crippen LogP contribution in [0.5, 0.6) is 0 Å². The van der Waals surface area contributed by atoms with Gasteiger partial charge in [0.1, 0.15) is 0 Å². The van der Waals surface area contributed by atoms with Crippen molar-refractivity contribution < 1.29 is 13.2 Å². The molecule has 2 aromatic carbocycles. The van der Waals surface area contributed by atoms with Crippen LogP contribution in [-0.4, -0.2) is 25.3 Å². The molecule has 1 aromatic heterocycles. The Hall–Kier alpha value is -3.08. The highest BCUT2D eigenvalue weighted by Gasteiger charge is 2.17. The maximum atomic E-state index is 11.8. The molecule has 0 atom stereocenters. The molecule has 0 amide bonds. The zero-order valence-electron chi connectivity index (χ0n) is 16.0. The van der Waals surface area contributed by atoms with Gasteiger partial charge in [0.15, 0.2) is 5.78 Å². The lowest BCUT2D eigenvalue weighted by atomic mass is 9.99. The van der Waals surface area contributed by atoms with Gasteiger partial charge in [-0.1, -0.05) is 5.92 Å². The Balaban J connectivity index is 1.54. The predicted octanol–water partition coefficient (Wildman–Crippen LogP) is 2.90. The summed E-state index contributed by atoms with van der Waals surface area (Å²) in [5, 5.41) is 9.31. The van der Waals surface area contributed by atoms with Crippen LogP contribution >= 0.6 is 0 Å². The molecule has 148 valence electrons. The van der Waals surface area contributed by atoms with Crippen LogP contribution in [0.1, 0.15) is 35.0 Å². The van der Waals surface area contributed by atoms with Crippen molar-refractivity contribution in [3.05, 3.63) is 59.3 Å². The van der Waals surface area contributed by atoms with Gasteiger partial charge in [-0.05, 0) is 73.7 Å². The van der Waals surface area contributed by atoms with Gasteiger partial charge in [0.05, 0.1) is 22.7 Å². The van der Waals surface area contributed by atoms with E-state index in [9.17, 15) is 13.2 Å². The van der Waals surface area contributed by atoms with E-state index >= 15 is 0 Å². The van der Waals surface area contributed by atoms with Crippen molar-refractivity contribution >= 4 is 32.4 Å². The average molecular weight is 407 g/mol. The lowest BCUT2D eigenvalue weighted by Gasteiger charge is -2.17. The maximum Gasteiger partial charge on any atom is 0.238 e. The van der Waals surface area contributed by atoms with E-state index < -0.39 is 10.0 Å². The second-order valence-corrected chi connectivity index (χ2v) is 8.70. The summed E-state index contributed by atoms with van der Waals surface area (Å²) >= 11 is 0. The molecule has 0 fully saturated rings. The molecule has 0 saturated heterocycles. The van der Waals surface area contributed by atoms with Crippen molar-refractivity contribution in [2.75, 3.05) is 11.9 Å². The number of ketones is 1. The highest BCUT2D eigenvalue weighted by Crippen LogP contribution is 2.30. The number of carbonyl (C=O) groups is 1. The summed E-state index contributed by atoms with van der Waals surface area (Å²) < 4.78 is 24.8. The molecule has 3 aromatic rings. The van der Waals surface area contributed by atoms with Crippen LogP contribution in [0.15, 0.2) is 47.4 Å². The van der Waals surface area contributed by atoms with Crippen molar-refractivity contribution in [1.82, 2.24) is 4.57 Å². The van der Waals surface area contributed by atoms with Gasteiger partial charge in [-0.25, -0.2) is 13.6 Å². The zero-order chi connectivity index (χ0) is 20.6. The molecule has 0 radical (unpaired) electrons. The van der Waals surface area contributed by atoms with Crippen LogP contribution in [0.25, 0.3) is 10.9 Å². The first kappa shape index (κ1) is 19.2. The number of sulfonamides is 1. The predicted molar refractivity (Wildman–Crippen MR) is 113 cm³/mol. The number of nitrogens with zero attached hydrogens (tertiary/aromatic N) is 1. The molecule has 0 saturated carbocycles. The quantitative estimate of drug-likeness (QED) is 0.514. The van der Waals surface area contributed by atoms with E-state index in [1.165, 1.54) is 23.2 Å². The Morgan fingerprint density at radius 2 is 1.97 bits per heavy atom. The van der Waals surface area contributed by atoms with Gasteiger partial charge in [0.25, 0.3) is 0 Å². The molecule has 0 aliphatic carbocycles. The molecule has 1 aliphatic heterocycles. The number of aromatic nitrogens is 1. The number of hydrogen-bond donors (Lipinski definition) is 2. The number of hydrogen-bond acceptors (Lipinski definition) is 4. The Kier molecular flexibility index (Phi) is 4.91. The fourth-order valence-electron chi connectivity index (χ4n) is 3.70. The monoisotopic (exact) mass is 407 g/mol. The summed E-state index contributed by atoms with van der Waals surface area (Å²) in [4.78, 5) is 11.9. The molecule has 0 spiro atoms. The molecule has 7 heteroatoms. The largest absolute Gasteiger partial charge is 0.374 e. The SMILES string of the molecule is CC(=O)c1cc2c3c(c1)cc(C#CCNc1ccc(S(N)(=O)=O)cc1)n3CCC2. The lowest BCUT2D eigenvalue weighted by Crippen LogP contribution is -2.12. The Bertz CT molecular complexity index is 1280. The standard InChI is InChI=1S/C22H21N3O3S/c1-15(26)17-12-16-4-3-11-25-20(14-18(13-17)22(16)25)5-2-10-24-19-6-8-21(9-7-19)29(23,27)28/h6-9,12-14,24H,3-4,10-11H2,1H3,(H2,23,27,28). The summed E-state index contributed by atoms with van der Waals surface area (Å²) in [5.41, 5.74) is 4.84. The van der Waals surface area contributed by atoms with Gasteiger partial charge in [-0.15, -0.1) is 0 Å². The molecule has 1 aliphatic rings. The zero-order valence-corrected chi connectivity index (χ0v) is 16.8. The molecule has 29 heavy (non-hydrogen) atoms. The van der Waals surface area contributed by atoms with Gasteiger partial charge in [0.2, 0.25) is 10.0 Å². The first-order valence-corrected chi connectivity index (χ1v) is 10.9. The number of rotatable bonds is 4. The van der Waals surface area contributed by atoms with Crippen molar-refractivity contribution in [1.29, 1.82) is 0 Å². The topological polar surface area (TPSA) is 94.2 Å². The highest BCUT2D eigenvalue weighted by molar-refractivity contribution is 7.89. The number of carbonyl (C=O) groups excluding carboxylic acids is 1. The molecular weight excluding hydrogens is 386 g/mol. The smallest absolute Gasteiger partial charge is 0.238 e. The number of aryl methyl sites for hydroxylation is 2. The fraction of sp³-hybridized carbons (Fsp3) is 0.227. The molecule has 0 bridgehead atoms. The van der Waals surface area contributed by atoms with Gasteiger partial charge in [-0.2, -0.15) is 0 Å². The molecule has 4 rings (SSSR count). The number of nitrogens with two attached hydrogens (primary N) is 1. The van der Waals surface area contributed by atoms with Gasteiger partial charge in [-0.3, -0.25) is 4.79 Å². The van der Waals surface area contributed by atoms with Crippen LogP contribution < -0.4 is 10.5 Å². The van der Waals surface area contributed by atoms with E-state index in [4.69, 9.17) is 5.14 Å².